The highest BCUT2D eigenvalue weighted by Gasteiger charge is 2.19. The molecule has 0 aliphatic heterocycles. The number of rotatable bonds is 6. The minimum absolute atomic E-state index is 0.952. The number of nitrogens with one attached hydrogen (secondary N) is 1. The molecule has 2 heteroatoms. The molecular formula is C16H20N2. The predicted molar refractivity (Wildman–Crippen MR) is 75.4 cm³/mol. The van der Waals surface area contributed by atoms with E-state index in [2.05, 4.69) is 34.6 Å². The van der Waals surface area contributed by atoms with Crippen LogP contribution in [-0.4, -0.2) is 11.5 Å². The number of nitrogens with zero attached hydrogens (tertiary/aromatic N) is 1. The first-order valence-corrected chi connectivity index (χ1v) is 6.97. The lowest BCUT2D eigenvalue weighted by Gasteiger charge is -2.07. The maximum Gasteiger partial charge on any atom is 0.0705 e. The molecule has 94 valence electrons. The Morgan fingerprint density at radius 3 is 2.94 bits per heavy atom. The molecule has 0 atom stereocenters. The molecule has 1 aliphatic carbocycles. The van der Waals surface area contributed by atoms with E-state index in [-0.39, 0.29) is 0 Å². The molecule has 0 radical (unpaired) electrons. The third-order valence-electron chi connectivity index (χ3n) is 3.72. The highest BCUT2D eigenvalue weighted by atomic mass is 14.8. The average molecular weight is 240 g/mol. The molecule has 0 spiro atoms. The number of benzene rings is 1. The molecule has 1 aromatic carbocycles. The molecular weight excluding hydrogens is 220 g/mol. The van der Waals surface area contributed by atoms with Crippen LogP contribution in [0.25, 0.3) is 10.9 Å². The fourth-order valence-corrected chi connectivity index (χ4v) is 2.45. The number of para-hydroxylation sites is 1. The minimum atomic E-state index is 0.952. The van der Waals surface area contributed by atoms with E-state index in [1.807, 2.05) is 12.3 Å². The zero-order valence-corrected chi connectivity index (χ0v) is 10.7. The van der Waals surface area contributed by atoms with Gasteiger partial charge < -0.3 is 5.32 Å². The summed E-state index contributed by atoms with van der Waals surface area (Å²) in [5.41, 5.74) is 2.45. The maximum absolute atomic E-state index is 4.39. The second-order valence-corrected chi connectivity index (χ2v) is 5.25. The van der Waals surface area contributed by atoms with Crippen molar-refractivity contribution in [3.05, 3.63) is 42.1 Å². The Hall–Kier alpha value is -1.41. The SMILES string of the molecule is c1ccc2c(CNCCCC3CC3)ccnc2c1. The van der Waals surface area contributed by atoms with Crippen molar-refractivity contribution in [1.82, 2.24) is 10.3 Å². The molecule has 18 heavy (non-hydrogen) atoms. The largest absolute Gasteiger partial charge is 0.313 e. The number of fused-ring (bicyclic) bond motifs is 1. The van der Waals surface area contributed by atoms with E-state index in [1.54, 1.807) is 0 Å². The van der Waals surface area contributed by atoms with Crippen molar-refractivity contribution in [3.63, 3.8) is 0 Å². The van der Waals surface area contributed by atoms with Crippen molar-refractivity contribution >= 4 is 10.9 Å². The Bertz CT molecular complexity index is 512. The van der Waals surface area contributed by atoms with Gasteiger partial charge in [-0.05, 0) is 43.0 Å². The minimum Gasteiger partial charge on any atom is -0.313 e. The monoisotopic (exact) mass is 240 g/mol. The van der Waals surface area contributed by atoms with Gasteiger partial charge in [-0.15, -0.1) is 0 Å². The standard InChI is InChI=1S/C16H20N2/c1-2-6-16-15(5-1)14(9-11-18-16)12-17-10-3-4-13-7-8-13/h1-2,5-6,9,11,13,17H,3-4,7-8,10,12H2. The summed E-state index contributed by atoms with van der Waals surface area (Å²) in [7, 11) is 0. The second-order valence-electron chi connectivity index (χ2n) is 5.25. The van der Waals surface area contributed by atoms with Gasteiger partial charge in [-0.3, -0.25) is 4.98 Å². The molecule has 1 saturated carbocycles. The van der Waals surface area contributed by atoms with Crippen LogP contribution in [0.2, 0.25) is 0 Å². The molecule has 1 aliphatic rings. The average Bonchev–Trinajstić information content (AvgIpc) is 3.23. The first-order chi connectivity index (χ1) is 8.93. The maximum atomic E-state index is 4.39. The van der Waals surface area contributed by atoms with Gasteiger partial charge in [0.25, 0.3) is 0 Å². The lowest BCUT2D eigenvalue weighted by atomic mass is 10.1. The predicted octanol–water partition coefficient (Wildman–Crippen LogP) is 3.51. The third kappa shape index (κ3) is 2.88. The van der Waals surface area contributed by atoms with Gasteiger partial charge in [0.05, 0.1) is 5.52 Å². The van der Waals surface area contributed by atoms with E-state index in [0.29, 0.717) is 0 Å². The van der Waals surface area contributed by atoms with Crippen molar-refractivity contribution in [2.45, 2.75) is 32.2 Å². The smallest absolute Gasteiger partial charge is 0.0705 e. The summed E-state index contributed by atoms with van der Waals surface area (Å²) in [4.78, 5) is 4.39. The van der Waals surface area contributed by atoms with Crippen molar-refractivity contribution in [3.8, 4) is 0 Å². The van der Waals surface area contributed by atoms with Gasteiger partial charge in [-0.25, -0.2) is 0 Å². The molecule has 3 rings (SSSR count). The zero-order chi connectivity index (χ0) is 12.2. The number of hydrogen-bond acceptors (Lipinski definition) is 2. The Balaban J connectivity index is 1.56. The van der Waals surface area contributed by atoms with Gasteiger partial charge >= 0.3 is 0 Å². The topological polar surface area (TPSA) is 24.9 Å². The van der Waals surface area contributed by atoms with E-state index >= 15 is 0 Å². The first kappa shape index (κ1) is 11.7. The summed E-state index contributed by atoms with van der Waals surface area (Å²) in [5.74, 6) is 1.05. The van der Waals surface area contributed by atoms with Crippen LogP contribution >= 0.6 is 0 Å². The van der Waals surface area contributed by atoms with Crippen LogP contribution < -0.4 is 5.32 Å². The van der Waals surface area contributed by atoms with Crippen molar-refractivity contribution in [2.24, 2.45) is 5.92 Å². The Kier molecular flexibility index (Phi) is 3.56. The quantitative estimate of drug-likeness (QED) is 0.781. The van der Waals surface area contributed by atoms with E-state index in [0.717, 1.165) is 24.5 Å². The lowest BCUT2D eigenvalue weighted by Crippen LogP contribution is -2.15. The molecule has 2 aromatic rings. The normalized spacial score (nSPS) is 15.1. The summed E-state index contributed by atoms with van der Waals surface area (Å²) in [6.45, 7) is 2.08. The van der Waals surface area contributed by atoms with Crippen LogP contribution in [0.4, 0.5) is 0 Å². The molecule has 1 N–H and O–H groups in total. The Morgan fingerprint density at radius 1 is 1.17 bits per heavy atom. The van der Waals surface area contributed by atoms with E-state index in [1.165, 1.54) is 36.6 Å². The van der Waals surface area contributed by atoms with Crippen LogP contribution in [0.5, 0.6) is 0 Å². The van der Waals surface area contributed by atoms with E-state index in [9.17, 15) is 0 Å². The van der Waals surface area contributed by atoms with Crippen LogP contribution in [0.1, 0.15) is 31.2 Å². The summed E-state index contributed by atoms with van der Waals surface area (Å²) in [6, 6.07) is 10.5. The van der Waals surface area contributed by atoms with Gasteiger partial charge in [0.2, 0.25) is 0 Å². The molecule has 2 nitrogen and oxygen atoms in total. The lowest BCUT2D eigenvalue weighted by molar-refractivity contribution is 0.595. The first-order valence-electron chi connectivity index (χ1n) is 6.97. The highest BCUT2D eigenvalue weighted by Crippen LogP contribution is 2.33. The zero-order valence-electron chi connectivity index (χ0n) is 10.7. The van der Waals surface area contributed by atoms with Gasteiger partial charge in [0.15, 0.2) is 0 Å². The summed E-state index contributed by atoms with van der Waals surface area (Å²) < 4.78 is 0. The van der Waals surface area contributed by atoms with Crippen molar-refractivity contribution in [2.75, 3.05) is 6.54 Å². The van der Waals surface area contributed by atoms with Crippen molar-refractivity contribution in [1.29, 1.82) is 0 Å². The molecule has 1 fully saturated rings. The Labute approximate surface area is 108 Å². The number of aromatic nitrogens is 1. The molecule has 0 amide bonds. The molecule has 0 saturated heterocycles. The molecule has 1 aromatic heterocycles. The van der Waals surface area contributed by atoms with Crippen molar-refractivity contribution < 1.29 is 0 Å². The second kappa shape index (κ2) is 5.49. The fourth-order valence-electron chi connectivity index (χ4n) is 2.45. The van der Waals surface area contributed by atoms with Crippen LogP contribution in [0, 0.1) is 5.92 Å². The summed E-state index contributed by atoms with van der Waals surface area (Å²) in [5, 5.41) is 4.82. The molecule has 0 unspecified atom stereocenters. The Morgan fingerprint density at radius 2 is 2.06 bits per heavy atom. The van der Waals surface area contributed by atoms with Crippen LogP contribution in [0.3, 0.4) is 0 Å². The number of hydrogen-bond donors (Lipinski definition) is 1. The highest BCUT2D eigenvalue weighted by molar-refractivity contribution is 5.81. The van der Waals surface area contributed by atoms with Crippen LogP contribution in [-0.2, 0) is 6.54 Å². The van der Waals surface area contributed by atoms with E-state index in [4.69, 9.17) is 0 Å². The van der Waals surface area contributed by atoms with Gasteiger partial charge in [0, 0.05) is 18.1 Å². The summed E-state index contributed by atoms with van der Waals surface area (Å²) >= 11 is 0. The van der Waals surface area contributed by atoms with Gasteiger partial charge in [0.1, 0.15) is 0 Å². The van der Waals surface area contributed by atoms with Crippen LogP contribution in [0.15, 0.2) is 36.5 Å². The molecule has 0 bridgehead atoms. The fraction of sp³-hybridized carbons (Fsp3) is 0.438. The van der Waals surface area contributed by atoms with Gasteiger partial charge in [-0.1, -0.05) is 31.0 Å². The van der Waals surface area contributed by atoms with Gasteiger partial charge in [-0.2, -0.15) is 0 Å². The summed E-state index contributed by atoms with van der Waals surface area (Å²) in [6.07, 6.45) is 7.56. The number of pyridine rings is 1. The third-order valence-corrected chi connectivity index (χ3v) is 3.72. The van der Waals surface area contributed by atoms with E-state index < -0.39 is 0 Å². The molecule has 1 heterocycles.